The van der Waals surface area contributed by atoms with Crippen molar-refractivity contribution >= 4 is 40.0 Å². The van der Waals surface area contributed by atoms with Crippen molar-refractivity contribution in [1.29, 1.82) is 0 Å². The first-order chi connectivity index (χ1) is 14.2. The van der Waals surface area contributed by atoms with Gasteiger partial charge in [0.25, 0.3) is 5.91 Å². The Morgan fingerprint density at radius 2 is 1.90 bits per heavy atom. The largest absolute Gasteiger partial charge is 0.368 e. The molecule has 0 bridgehead atoms. The van der Waals surface area contributed by atoms with Gasteiger partial charge < -0.3 is 22.1 Å². The molecule has 0 aliphatic heterocycles. The van der Waals surface area contributed by atoms with Gasteiger partial charge in [-0.15, -0.1) is 0 Å². The van der Waals surface area contributed by atoms with E-state index in [1.54, 1.807) is 24.4 Å². The van der Waals surface area contributed by atoms with Gasteiger partial charge in [-0.2, -0.15) is 0 Å². The van der Waals surface area contributed by atoms with Crippen LogP contribution in [-0.4, -0.2) is 27.8 Å². The number of hydrogen-bond donors (Lipinski definition) is 4. The number of carbonyl (C=O) groups excluding carboxylic acids is 2. The minimum absolute atomic E-state index is 0.0578. The lowest BCUT2D eigenvalue weighted by atomic mass is 10.0. The smallest absolute Gasteiger partial charge is 0.252 e. The van der Waals surface area contributed by atoms with E-state index in [2.05, 4.69) is 20.6 Å². The van der Waals surface area contributed by atoms with Crippen molar-refractivity contribution in [3.63, 3.8) is 0 Å². The summed E-state index contributed by atoms with van der Waals surface area (Å²) in [5.74, 6) is -2.28. The van der Waals surface area contributed by atoms with Crippen LogP contribution >= 0.6 is 0 Å². The number of nitrogens with zero attached hydrogens (tertiary/aromatic N) is 2. The number of pyridine rings is 2. The standard InChI is InChI=1S/C21H23FN6O2/c1-11(2)8-17(19(24)30)27-21-15(22)10-14(18(23)29)20(28-21)26-13-5-6-16-12(9-13)4-3-7-25-16/h3-7,9-11,17H,8H2,1-2H3,(H2,23,29)(H2,24,30)(H2,26,27,28). The number of rotatable bonds is 8. The van der Waals surface area contributed by atoms with Crippen LogP contribution < -0.4 is 22.1 Å². The van der Waals surface area contributed by atoms with Gasteiger partial charge in [0.2, 0.25) is 5.91 Å². The SMILES string of the molecule is CC(C)CC(Nc1nc(Nc2ccc3ncccc3c2)c(C(N)=O)cc1F)C(N)=O. The van der Waals surface area contributed by atoms with E-state index in [1.807, 2.05) is 26.0 Å². The zero-order chi connectivity index (χ0) is 21.8. The minimum Gasteiger partial charge on any atom is -0.368 e. The molecule has 0 radical (unpaired) electrons. The summed E-state index contributed by atoms with van der Waals surface area (Å²) in [5.41, 5.74) is 12.1. The molecule has 2 amide bonds. The van der Waals surface area contributed by atoms with Crippen molar-refractivity contribution in [2.24, 2.45) is 17.4 Å². The number of hydrogen-bond acceptors (Lipinski definition) is 6. The van der Waals surface area contributed by atoms with Crippen LogP contribution in [0.1, 0.15) is 30.6 Å². The third kappa shape index (κ3) is 4.80. The number of amides is 2. The lowest BCUT2D eigenvalue weighted by molar-refractivity contribution is -0.119. The molecule has 0 aliphatic rings. The first-order valence-electron chi connectivity index (χ1n) is 9.42. The van der Waals surface area contributed by atoms with Crippen molar-refractivity contribution in [2.75, 3.05) is 10.6 Å². The van der Waals surface area contributed by atoms with E-state index in [1.165, 1.54) is 0 Å². The summed E-state index contributed by atoms with van der Waals surface area (Å²) in [6.07, 6.45) is 2.08. The van der Waals surface area contributed by atoms with E-state index in [-0.39, 0.29) is 23.1 Å². The highest BCUT2D eigenvalue weighted by atomic mass is 19.1. The summed E-state index contributed by atoms with van der Waals surface area (Å²) in [6, 6.07) is 9.23. The van der Waals surface area contributed by atoms with E-state index < -0.39 is 23.7 Å². The summed E-state index contributed by atoms with van der Waals surface area (Å²) in [7, 11) is 0. The lowest BCUT2D eigenvalue weighted by Gasteiger charge is -2.19. The summed E-state index contributed by atoms with van der Waals surface area (Å²) < 4.78 is 14.6. The summed E-state index contributed by atoms with van der Waals surface area (Å²) in [6.45, 7) is 3.83. The molecule has 0 saturated carbocycles. The molecule has 9 heteroatoms. The van der Waals surface area contributed by atoms with Crippen molar-refractivity contribution in [1.82, 2.24) is 9.97 Å². The van der Waals surface area contributed by atoms with Gasteiger partial charge in [0.05, 0.1) is 11.1 Å². The maximum absolute atomic E-state index is 14.6. The predicted octanol–water partition coefficient (Wildman–Crippen LogP) is 2.92. The average Bonchev–Trinajstić information content (AvgIpc) is 2.69. The fourth-order valence-corrected chi connectivity index (χ4v) is 3.05. The second-order valence-corrected chi connectivity index (χ2v) is 7.34. The second kappa shape index (κ2) is 8.73. The van der Waals surface area contributed by atoms with Gasteiger partial charge in [-0.1, -0.05) is 19.9 Å². The summed E-state index contributed by atoms with van der Waals surface area (Å²) in [4.78, 5) is 32.0. The average molecular weight is 410 g/mol. The third-order valence-corrected chi connectivity index (χ3v) is 4.47. The van der Waals surface area contributed by atoms with Crippen molar-refractivity contribution < 1.29 is 14.0 Å². The Bertz CT molecular complexity index is 1100. The van der Waals surface area contributed by atoms with Crippen molar-refractivity contribution in [3.8, 4) is 0 Å². The van der Waals surface area contributed by atoms with Crippen LogP contribution in [-0.2, 0) is 4.79 Å². The number of carbonyl (C=O) groups is 2. The van der Waals surface area contributed by atoms with Gasteiger partial charge in [-0.25, -0.2) is 9.37 Å². The molecule has 1 atom stereocenters. The van der Waals surface area contributed by atoms with Gasteiger partial charge >= 0.3 is 0 Å². The zero-order valence-electron chi connectivity index (χ0n) is 16.6. The van der Waals surface area contributed by atoms with E-state index in [9.17, 15) is 14.0 Å². The third-order valence-electron chi connectivity index (χ3n) is 4.47. The topological polar surface area (TPSA) is 136 Å². The van der Waals surface area contributed by atoms with E-state index in [0.29, 0.717) is 12.1 Å². The maximum Gasteiger partial charge on any atom is 0.252 e. The molecule has 6 N–H and O–H groups in total. The number of primary amides is 2. The quantitative estimate of drug-likeness (QED) is 0.451. The molecule has 2 heterocycles. The molecular formula is C21H23FN6O2. The first kappa shape index (κ1) is 21.0. The number of fused-ring (bicyclic) bond motifs is 1. The molecule has 3 rings (SSSR count). The van der Waals surface area contributed by atoms with Crippen LogP contribution in [0.15, 0.2) is 42.6 Å². The monoisotopic (exact) mass is 410 g/mol. The van der Waals surface area contributed by atoms with Crippen LogP contribution in [0.25, 0.3) is 10.9 Å². The molecule has 0 spiro atoms. The second-order valence-electron chi connectivity index (χ2n) is 7.34. The number of aromatic nitrogens is 2. The molecular weight excluding hydrogens is 387 g/mol. The highest BCUT2D eigenvalue weighted by molar-refractivity contribution is 5.99. The molecule has 3 aromatic rings. The van der Waals surface area contributed by atoms with Crippen LogP contribution in [0.3, 0.4) is 0 Å². The molecule has 1 aromatic carbocycles. The first-order valence-corrected chi connectivity index (χ1v) is 9.42. The predicted molar refractivity (Wildman–Crippen MR) is 114 cm³/mol. The van der Waals surface area contributed by atoms with Gasteiger partial charge in [-0.05, 0) is 42.7 Å². The summed E-state index contributed by atoms with van der Waals surface area (Å²) in [5, 5.41) is 6.60. The highest BCUT2D eigenvalue weighted by Gasteiger charge is 2.22. The molecule has 8 nitrogen and oxygen atoms in total. The Morgan fingerprint density at radius 1 is 1.13 bits per heavy atom. The van der Waals surface area contributed by atoms with Crippen molar-refractivity contribution in [3.05, 3.63) is 54.0 Å². The molecule has 156 valence electrons. The van der Waals surface area contributed by atoms with Gasteiger partial charge in [-0.3, -0.25) is 14.6 Å². The Morgan fingerprint density at radius 3 is 2.57 bits per heavy atom. The fraction of sp³-hybridized carbons (Fsp3) is 0.238. The molecule has 30 heavy (non-hydrogen) atoms. The van der Waals surface area contributed by atoms with E-state index in [4.69, 9.17) is 11.5 Å². The van der Waals surface area contributed by atoms with Gasteiger partial charge in [0.1, 0.15) is 11.9 Å². The molecule has 2 aromatic heterocycles. The van der Waals surface area contributed by atoms with Crippen LogP contribution in [0.5, 0.6) is 0 Å². The summed E-state index contributed by atoms with van der Waals surface area (Å²) >= 11 is 0. The molecule has 0 saturated heterocycles. The Kier molecular flexibility index (Phi) is 6.10. The van der Waals surface area contributed by atoms with Gasteiger partial charge in [0.15, 0.2) is 11.6 Å². The highest BCUT2D eigenvalue weighted by Crippen LogP contribution is 2.26. The Labute approximate surface area is 172 Å². The number of nitrogens with one attached hydrogen (secondary N) is 2. The van der Waals surface area contributed by atoms with Crippen molar-refractivity contribution in [2.45, 2.75) is 26.3 Å². The Hall–Kier alpha value is -3.75. The Balaban J connectivity index is 1.98. The number of halogens is 1. The number of benzene rings is 1. The number of anilines is 3. The van der Waals surface area contributed by atoms with Crippen LogP contribution in [0.4, 0.5) is 21.7 Å². The van der Waals surface area contributed by atoms with E-state index in [0.717, 1.165) is 17.0 Å². The molecule has 1 unspecified atom stereocenters. The fourth-order valence-electron chi connectivity index (χ4n) is 3.05. The maximum atomic E-state index is 14.6. The normalized spacial score (nSPS) is 12.0. The van der Waals surface area contributed by atoms with Crippen LogP contribution in [0.2, 0.25) is 0 Å². The molecule has 0 fully saturated rings. The van der Waals surface area contributed by atoms with Crippen LogP contribution in [0, 0.1) is 11.7 Å². The lowest BCUT2D eigenvalue weighted by Crippen LogP contribution is -2.37. The minimum atomic E-state index is -0.841. The number of nitrogens with two attached hydrogens (primary N) is 2. The zero-order valence-corrected chi connectivity index (χ0v) is 16.6. The van der Waals surface area contributed by atoms with E-state index >= 15 is 0 Å². The molecule has 0 aliphatic carbocycles. The van der Waals surface area contributed by atoms with Gasteiger partial charge in [0, 0.05) is 17.3 Å².